The molecule has 0 aromatic heterocycles. The average molecular weight is 278 g/mol. The minimum atomic E-state index is -0.904. The van der Waals surface area contributed by atoms with E-state index in [4.69, 9.17) is 0 Å². The molecule has 0 bridgehead atoms. The van der Waals surface area contributed by atoms with Crippen molar-refractivity contribution in [1.82, 2.24) is 0 Å². The Morgan fingerprint density at radius 1 is 1.15 bits per heavy atom. The zero-order valence-electron chi connectivity index (χ0n) is 10.7. The van der Waals surface area contributed by atoms with Crippen LogP contribution in [0.5, 0.6) is 0 Å². The maximum Gasteiger partial charge on any atom is 0.304 e. The van der Waals surface area contributed by atoms with Crippen LogP contribution in [0.4, 0.5) is 20.2 Å². The summed E-state index contributed by atoms with van der Waals surface area (Å²) in [5.74, 6) is -1.31. The average Bonchev–Trinajstić information content (AvgIpc) is 2.39. The first kappa shape index (κ1) is 13.9. The highest BCUT2D eigenvalue weighted by Crippen LogP contribution is 2.20. The van der Waals surface area contributed by atoms with Crippen molar-refractivity contribution in [3.8, 4) is 0 Å². The number of nitro groups is 1. The third-order valence-corrected chi connectivity index (χ3v) is 2.81. The molecular weight excluding hydrogens is 266 g/mol. The Morgan fingerprint density at radius 2 is 1.90 bits per heavy atom. The predicted molar refractivity (Wildman–Crippen MR) is 71.5 cm³/mol. The van der Waals surface area contributed by atoms with Gasteiger partial charge in [-0.2, -0.15) is 4.39 Å². The van der Waals surface area contributed by atoms with Crippen molar-refractivity contribution in [2.75, 3.05) is 5.32 Å². The molecule has 0 aliphatic heterocycles. The van der Waals surface area contributed by atoms with E-state index in [0.29, 0.717) is 11.3 Å². The monoisotopic (exact) mass is 278 g/mol. The molecule has 0 atom stereocenters. The van der Waals surface area contributed by atoms with Crippen LogP contribution in [0.15, 0.2) is 36.4 Å². The van der Waals surface area contributed by atoms with Crippen LogP contribution >= 0.6 is 0 Å². The first-order chi connectivity index (χ1) is 9.47. The molecule has 0 aliphatic carbocycles. The molecule has 2 aromatic rings. The van der Waals surface area contributed by atoms with Crippen LogP contribution in [0.25, 0.3) is 0 Å². The summed E-state index contributed by atoms with van der Waals surface area (Å²) < 4.78 is 26.9. The lowest BCUT2D eigenvalue weighted by Gasteiger charge is -2.08. The van der Waals surface area contributed by atoms with Crippen LogP contribution in [0.3, 0.4) is 0 Å². The summed E-state index contributed by atoms with van der Waals surface area (Å²) in [5.41, 5.74) is 1.12. The summed E-state index contributed by atoms with van der Waals surface area (Å²) in [6, 6.07) is 8.22. The fraction of sp³-hybridized carbons (Fsp3) is 0.143. The molecule has 0 unspecified atom stereocenters. The lowest BCUT2D eigenvalue weighted by molar-refractivity contribution is -0.387. The smallest absolute Gasteiger partial charge is 0.304 e. The number of hydrogen-bond donors (Lipinski definition) is 1. The molecule has 0 amide bonds. The van der Waals surface area contributed by atoms with Crippen molar-refractivity contribution in [3.05, 3.63) is 69.3 Å². The van der Waals surface area contributed by atoms with Crippen LogP contribution < -0.4 is 5.32 Å². The standard InChI is InChI=1S/C14H12F2N2O2/c1-9-2-4-11(15)13(6-9)17-8-10-3-5-14(18(19)20)12(16)7-10/h2-7,17H,8H2,1H3. The number of benzene rings is 2. The summed E-state index contributed by atoms with van der Waals surface area (Å²) in [5, 5.41) is 13.3. The van der Waals surface area contributed by atoms with Gasteiger partial charge in [0.05, 0.1) is 10.6 Å². The first-order valence-electron chi connectivity index (χ1n) is 5.90. The van der Waals surface area contributed by atoms with Gasteiger partial charge in [-0.05, 0) is 36.2 Å². The lowest BCUT2D eigenvalue weighted by Crippen LogP contribution is -2.03. The molecule has 104 valence electrons. The second-order valence-electron chi connectivity index (χ2n) is 4.38. The maximum absolute atomic E-state index is 13.5. The molecule has 1 N–H and O–H groups in total. The molecule has 6 heteroatoms. The van der Waals surface area contributed by atoms with E-state index in [0.717, 1.165) is 17.7 Å². The van der Waals surface area contributed by atoms with E-state index in [9.17, 15) is 18.9 Å². The van der Waals surface area contributed by atoms with Gasteiger partial charge < -0.3 is 5.32 Å². The van der Waals surface area contributed by atoms with Crippen molar-refractivity contribution in [2.45, 2.75) is 13.5 Å². The largest absolute Gasteiger partial charge is 0.379 e. The highest BCUT2D eigenvalue weighted by molar-refractivity contribution is 5.48. The fourth-order valence-electron chi connectivity index (χ4n) is 1.78. The number of hydrogen-bond acceptors (Lipinski definition) is 3. The number of anilines is 1. The Hall–Kier alpha value is -2.50. The number of halogens is 2. The van der Waals surface area contributed by atoms with Crippen LogP contribution in [-0.4, -0.2) is 4.92 Å². The van der Waals surface area contributed by atoms with E-state index in [2.05, 4.69) is 5.32 Å². The van der Waals surface area contributed by atoms with Gasteiger partial charge in [-0.3, -0.25) is 10.1 Å². The summed E-state index contributed by atoms with van der Waals surface area (Å²) in [4.78, 5) is 9.71. The van der Waals surface area contributed by atoms with E-state index in [1.807, 2.05) is 6.92 Å². The van der Waals surface area contributed by atoms with Crippen LogP contribution in [0.1, 0.15) is 11.1 Å². The van der Waals surface area contributed by atoms with E-state index < -0.39 is 22.2 Å². The number of rotatable bonds is 4. The molecule has 0 heterocycles. The Morgan fingerprint density at radius 3 is 2.55 bits per heavy atom. The van der Waals surface area contributed by atoms with Crippen molar-refractivity contribution in [3.63, 3.8) is 0 Å². The van der Waals surface area contributed by atoms with Gasteiger partial charge in [-0.25, -0.2) is 4.39 Å². The van der Waals surface area contributed by atoms with Gasteiger partial charge in [0, 0.05) is 12.6 Å². The molecule has 2 rings (SSSR count). The molecule has 4 nitrogen and oxygen atoms in total. The molecule has 0 saturated heterocycles. The highest BCUT2D eigenvalue weighted by Gasteiger charge is 2.13. The van der Waals surface area contributed by atoms with Crippen molar-refractivity contribution in [1.29, 1.82) is 0 Å². The van der Waals surface area contributed by atoms with Crippen molar-refractivity contribution < 1.29 is 13.7 Å². The van der Waals surface area contributed by atoms with Crippen LogP contribution in [-0.2, 0) is 6.54 Å². The van der Waals surface area contributed by atoms with E-state index in [-0.39, 0.29) is 6.54 Å². The van der Waals surface area contributed by atoms with Gasteiger partial charge in [-0.1, -0.05) is 12.1 Å². The first-order valence-corrected chi connectivity index (χ1v) is 5.90. The van der Waals surface area contributed by atoms with Crippen molar-refractivity contribution >= 4 is 11.4 Å². The number of nitrogens with one attached hydrogen (secondary N) is 1. The second-order valence-corrected chi connectivity index (χ2v) is 4.38. The fourth-order valence-corrected chi connectivity index (χ4v) is 1.78. The molecule has 0 spiro atoms. The van der Waals surface area contributed by atoms with Gasteiger partial charge >= 0.3 is 5.69 Å². The van der Waals surface area contributed by atoms with E-state index >= 15 is 0 Å². The van der Waals surface area contributed by atoms with Gasteiger partial charge in [0.2, 0.25) is 5.82 Å². The summed E-state index contributed by atoms with van der Waals surface area (Å²) in [7, 11) is 0. The predicted octanol–water partition coefficient (Wildman–Crippen LogP) is 3.79. The molecule has 0 saturated carbocycles. The zero-order valence-corrected chi connectivity index (χ0v) is 10.7. The molecule has 20 heavy (non-hydrogen) atoms. The van der Waals surface area contributed by atoms with Gasteiger partial charge in [0.25, 0.3) is 0 Å². The van der Waals surface area contributed by atoms with Crippen molar-refractivity contribution in [2.24, 2.45) is 0 Å². The molecule has 0 aliphatic rings. The Bertz CT molecular complexity index is 660. The second kappa shape index (κ2) is 5.64. The van der Waals surface area contributed by atoms with Crippen LogP contribution in [0.2, 0.25) is 0 Å². The molecule has 0 fully saturated rings. The lowest BCUT2D eigenvalue weighted by atomic mass is 10.1. The highest BCUT2D eigenvalue weighted by atomic mass is 19.1. The number of nitro benzene ring substituents is 1. The van der Waals surface area contributed by atoms with Gasteiger partial charge in [-0.15, -0.1) is 0 Å². The normalized spacial score (nSPS) is 10.3. The summed E-state index contributed by atoms with van der Waals surface area (Å²) in [6.45, 7) is 2.01. The molecule has 0 radical (unpaired) electrons. The summed E-state index contributed by atoms with van der Waals surface area (Å²) >= 11 is 0. The third kappa shape index (κ3) is 3.09. The third-order valence-electron chi connectivity index (χ3n) is 2.81. The number of aryl methyl sites for hydroxylation is 1. The Kier molecular flexibility index (Phi) is 3.93. The van der Waals surface area contributed by atoms with E-state index in [1.165, 1.54) is 12.1 Å². The Labute approximate surface area is 114 Å². The quantitative estimate of drug-likeness (QED) is 0.683. The van der Waals surface area contributed by atoms with E-state index in [1.54, 1.807) is 12.1 Å². The molecular formula is C14H12F2N2O2. The maximum atomic E-state index is 13.5. The SMILES string of the molecule is Cc1ccc(F)c(NCc2ccc([N+](=O)[O-])c(F)c2)c1. The summed E-state index contributed by atoms with van der Waals surface area (Å²) in [6.07, 6.45) is 0. The van der Waals surface area contributed by atoms with Gasteiger partial charge in [0.15, 0.2) is 0 Å². The minimum Gasteiger partial charge on any atom is -0.379 e. The molecule has 2 aromatic carbocycles. The number of nitrogens with zero attached hydrogens (tertiary/aromatic N) is 1. The topological polar surface area (TPSA) is 55.2 Å². The van der Waals surface area contributed by atoms with Crippen LogP contribution in [0, 0.1) is 28.7 Å². The zero-order chi connectivity index (χ0) is 14.7. The van der Waals surface area contributed by atoms with Gasteiger partial charge in [0.1, 0.15) is 5.82 Å². The Balaban J connectivity index is 2.13. The minimum absolute atomic E-state index is 0.176.